The van der Waals surface area contributed by atoms with Crippen LogP contribution in [0.25, 0.3) is 11.3 Å². The van der Waals surface area contributed by atoms with Gasteiger partial charge in [0.05, 0.1) is 17.5 Å². The molecule has 154 valence electrons. The van der Waals surface area contributed by atoms with Crippen LogP contribution in [0.3, 0.4) is 0 Å². The summed E-state index contributed by atoms with van der Waals surface area (Å²) >= 11 is 0. The summed E-state index contributed by atoms with van der Waals surface area (Å²) in [5.41, 5.74) is -0.415. The molecule has 0 saturated carbocycles. The van der Waals surface area contributed by atoms with Gasteiger partial charge in [-0.1, -0.05) is 25.1 Å². The highest BCUT2D eigenvalue weighted by Gasteiger charge is 2.36. The Morgan fingerprint density at radius 2 is 1.86 bits per heavy atom. The second-order valence-corrected chi connectivity index (χ2v) is 6.75. The molecule has 0 spiro atoms. The lowest BCUT2D eigenvalue weighted by Crippen LogP contribution is -2.18. The largest absolute Gasteiger partial charge is 0.457 e. The Bertz CT molecular complexity index is 954. The number of hydrogen-bond acceptors (Lipinski definition) is 3. The molecule has 0 amide bonds. The van der Waals surface area contributed by atoms with E-state index in [1.165, 1.54) is 18.3 Å². The van der Waals surface area contributed by atoms with Crippen molar-refractivity contribution in [1.82, 2.24) is 15.1 Å². The Kier molecular flexibility index (Phi) is 6.22. The standard InChI is InChI=1S/C21H21F4N3O/c1-3-9-28(2)13-14-12-26-27-20(14)16-10-17(21(23,24)25)19(11-18(16)22)29-15-7-5-4-6-8-15/h4-8,10-12H,3,9,13H2,1-2H3,(H,26,27). The zero-order valence-electron chi connectivity index (χ0n) is 16.1. The summed E-state index contributed by atoms with van der Waals surface area (Å²) in [5, 5.41) is 6.54. The van der Waals surface area contributed by atoms with Crippen molar-refractivity contribution in [3.05, 3.63) is 65.6 Å². The smallest absolute Gasteiger partial charge is 0.420 e. The summed E-state index contributed by atoms with van der Waals surface area (Å²) in [6.45, 7) is 3.25. The van der Waals surface area contributed by atoms with Gasteiger partial charge in [-0.3, -0.25) is 5.10 Å². The Morgan fingerprint density at radius 3 is 2.52 bits per heavy atom. The van der Waals surface area contributed by atoms with Crippen molar-refractivity contribution >= 4 is 0 Å². The monoisotopic (exact) mass is 407 g/mol. The van der Waals surface area contributed by atoms with Crippen molar-refractivity contribution in [3.63, 3.8) is 0 Å². The number of nitrogens with zero attached hydrogens (tertiary/aromatic N) is 2. The van der Waals surface area contributed by atoms with E-state index in [0.717, 1.165) is 25.1 Å². The minimum absolute atomic E-state index is 0.188. The van der Waals surface area contributed by atoms with Gasteiger partial charge in [-0.2, -0.15) is 18.3 Å². The molecule has 29 heavy (non-hydrogen) atoms. The van der Waals surface area contributed by atoms with Gasteiger partial charge in [0.15, 0.2) is 0 Å². The van der Waals surface area contributed by atoms with E-state index in [-0.39, 0.29) is 17.0 Å². The number of alkyl halides is 3. The summed E-state index contributed by atoms with van der Waals surface area (Å²) in [5.74, 6) is -1.23. The third kappa shape index (κ3) is 4.95. The third-order valence-electron chi connectivity index (χ3n) is 4.38. The minimum atomic E-state index is -4.72. The van der Waals surface area contributed by atoms with Crippen LogP contribution >= 0.6 is 0 Å². The van der Waals surface area contributed by atoms with Crippen molar-refractivity contribution in [2.45, 2.75) is 26.1 Å². The normalized spacial score (nSPS) is 11.8. The molecular weight excluding hydrogens is 386 g/mol. The number of hydrogen-bond donors (Lipinski definition) is 1. The average Bonchev–Trinajstić information content (AvgIpc) is 3.09. The second kappa shape index (κ2) is 8.65. The molecule has 0 fully saturated rings. The van der Waals surface area contributed by atoms with Gasteiger partial charge in [0.25, 0.3) is 0 Å². The van der Waals surface area contributed by atoms with Crippen LogP contribution in [0.2, 0.25) is 0 Å². The highest BCUT2D eigenvalue weighted by atomic mass is 19.4. The van der Waals surface area contributed by atoms with Crippen molar-refractivity contribution in [2.75, 3.05) is 13.6 Å². The van der Waals surface area contributed by atoms with Crippen molar-refractivity contribution in [2.24, 2.45) is 0 Å². The molecule has 1 N–H and O–H groups in total. The zero-order valence-corrected chi connectivity index (χ0v) is 16.1. The van der Waals surface area contributed by atoms with E-state index in [0.29, 0.717) is 12.1 Å². The molecule has 4 nitrogen and oxygen atoms in total. The van der Waals surface area contributed by atoms with Gasteiger partial charge in [0.2, 0.25) is 0 Å². The molecule has 3 aromatic rings. The number of nitrogens with one attached hydrogen (secondary N) is 1. The number of halogens is 4. The molecule has 0 aliphatic rings. The highest BCUT2D eigenvalue weighted by molar-refractivity contribution is 5.66. The van der Waals surface area contributed by atoms with Gasteiger partial charge >= 0.3 is 6.18 Å². The summed E-state index contributed by atoms with van der Waals surface area (Å²) in [6.07, 6.45) is -2.30. The highest BCUT2D eigenvalue weighted by Crippen LogP contribution is 2.41. The number of rotatable bonds is 7. The number of aromatic amines is 1. The van der Waals surface area contributed by atoms with Gasteiger partial charge in [-0.25, -0.2) is 4.39 Å². The number of aromatic nitrogens is 2. The summed E-state index contributed by atoms with van der Waals surface area (Å²) in [4.78, 5) is 1.99. The van der Waals surface area contributed by atoms with Crippen LogP contribution in [0.5, 0.6) is 11.5 Å². The first-order valence-corrected chi connectivity index (χ1v) is 9.14. The third-order valence-corrected chi connectivity index (χ3v) is 4.38. The average molecular weight is 407 g/mol. The maximum atomic E-state index is 14.8. The Morgan fingerprint density at radius 1 is 1.14 bits per heavy atom. The first-order valence-electron chi connectivity index (χ1n) is 9.14. The van der Waals surface area contributed by atoms with Gasteiger partial charge in [0, 0.05) is 23.7 Å². The maximum Gasteiger partial charge on any atom is 0.420 e. The quantitative estimate of drug-likeness (QED) is 0.498. The van der Waals surface area contributed by atoms with E-state index in [1.807, 2.05) is 18.9 Å². The number of para-hydroxylation sites is 1. The molecule has 0 atom stereocenters. The fourth-order valence-electron chi connectivity index (χ4n) is 3.08. The number of benzene rings is 2. The summed E-state index contributed by atoms with van der Waals surface area (Å²) in [7, 11) is 1.88. The van der Waals surface area contributed by atoms with Crippen LogP contribution in [-0.2, 0) is 12.7 Å². The maximum absolute atomic E-state index is 14.8. The van der Waals surface area contributed by atoms with Gasteiger partial charge in [-0.05, 0) is 38.2 Å². The Hall–Kier alpha value is -2.87. The van der Waals surface area contributed by atoms with Gasteiger partial charge < -0.3 is 9.64 Å². The fraction of sp³-hybridized carbons (Fsp3) is 0.286. The molecule has 3 rings (SSSR count). The molecule has 0 unspecified atom stereocenters. The molecule has 1 heterocycles. The predicted molar refractivity (Wildman–Crippen MR) is 102 cm³/mol. The molecular formula is C21H21F4N3O. The van der Waals surface area contributed by atoms with Crippen molar-refractivity contribution < 1.29 is 22.3 Å². The number of ether oxygens (including phenoxy) is 1. The SMILES string of the molecule is CCCN(C)Cc1cn[nH]c1-c1cc(C(F)(F)F)c(Oc2ccccc2)cc1F. The summed E-state index contributed by atoms with van der Waals surface area (Å²) in [6, 6.07) is 9.49. The lowest BCUT2D eigenvalue weighted by molar-refractivity contribution is -0.138. The van der Waals surface area contributed by atoms with Crippen LogP contribution in [0.1, 0.15) is 24.5 Å². The molecule has 2 aromatic carbocycles. The van der Waals surface area contributed by atoms with E-state index in [4.69, 9.17) is 4.74 Å². The van der Waals surface area contributed by atoms with Crippen LogP contribution in [0, 0.1) is 5.82 Å². The summed E-state index contributed by atoms with van der Waals surface area (Å²) < 4.78 is 61.2. The van der Waals surface area contributed by atoms with E-state index in [2.05, 4.69) is 10.2 Å². The van der Waals surface area contributed by atoms with Crippen molar-refractivity contribution in [3.8, 4) is 22.8 Å². The van der Waals surface area contributed by atoms with E-state index < -0.39 is 23.3 Å². The van der Waals surface area contributed by atoms with E-state index >= 15 is 0 Å². The molecule has 0 aliphatic carbocycles. The lowest BCUT2D eigenvalue weighted by Gasteiger charge is -2.18. The fourth-order valence-corrected chi connectivity index (χ4v) is 3.08. The van der Waals surface area contributed by atoms with E-state index in [9.17, 15) is 17.6 Å². The van der Waals surface area contributed by atoms with Gasteiger partial charge in [0.1, 0.15) is 17.3 Å². The molecule has 0 bridgehead atoms. The van der Waals surface area contributed by atoms with Crippen LogP contribution in [0.15, 0.2) is 48.7 Å². The molecule has 8 heteroatoms. The lowest BCUT2D eigenvalue weighted by atomic mass is 10.0. The Labute approximate surface area is 166 Å². The topological polar surface area (TPSA) is 41.2 Å². The van der Waals surface area contributed by atoms with E-state index in [1.54, 1.807) is 18.2 Å². The minimum Gasteiger partial charge on any atom is -0.457 e. The van der Waals surface area contributed by atoms with Crippen LogP contribution < -0.4 is 4.74 Å². The Balaban J connectivity index is 2.03. The predicted octanol–water partition coefficient (Wildman–Crippen LogP) is 5.87. The first kappa shape index (κ1) is 20.9. The van der Waals surface area contributed by atoms with Crippen molar-refractivity contribution in [1.29, 1.82) is 0 Å². The zero-order chi connectivity index (χ0) is 21.0. The van der Waals surface area contributed by atoms with Crippen LogP contribution in [-0.4, -0.2) is 28.7 Å². The first-order chi connectivity index (χ1) is 13.8. The molecule has 0 radical (unpaired) electrons. The second-order valence-electron chi connectivity index (χ2n) is 6.75. The molecule has 0 saturated heterocycles. The molecule has 0 aliphatic heterocycles. The number of H-pyrrole nitrogens is 1. The molecule has 1 aromatic heterocycles. The van der Waals surface area contributed by atoms with Gasteiger partial charge in [-0.15, -0.1) is 0 Å². The van der Waals surface area contributed by atoms with Crippen LogP contribution in [0.4, 0.5) is 17.6 Å².